The highest BCUT2D eigenvalue weighted by molar-refractivity contribution is 5.79. The smallest absolute Gasteiger partial charge is 0.191 e. The fourth-order valence-corrected chi connectivity index (χ4v) is 3.03. The van der Waals surface area contributed by atoms with Crippen LogP contribution in [-0.2, 0) is 6.54 Å². The summed E-state index contributed by atoms with van der Waals surface area (Å²) in [5, 5.41) is 6.84. The van der Waals surface area contributed by atoms with Crippen LogP contribution < -0.4 is 15.4 Å². The molecule has 5 nitrogen and oxygen atoms in total. The molecule has 1 heterocycles. The van der Waals surface area contributed by atoms with Gasteiger partial charge in [0.1, 0.15) is 5.75 Å². The van der Waals surface area contributed by atoms with Crippen molar-refractivity contribution in [3.63, 3.8) is 0 Å². The molecule has 1 atom stereocenters. The monoisotopic (exact) mass is 318 g/mol. The van der Waals surface area contributed by atoms with Crippen LogP contribution in [0.2, 0.25) is 0 Å². The van der Waals surface area contributed by atoms with Gasteiger partial charge in [0.2, 0.25) is 0 Å². The SMILES string of the molecule is CCN1CCCC(CNC(=NC)NCc2cccc(OC)c2)C1. The lowest BCUT2D eigenvalue weighted by Crippen LogP contribution is -2.44. The number of aliphatic imine (C=N–C) groups is 1. The van der Waals surface area contributed by atoms with Crippen LogP contribution in [-0.4, -0.2) is 51.2 Å². The molecule has 0 aliphatic carbocycles. The molecule has 0 aromatic heterocycles. The van der Waals surface area contributed by atoms with Gasteiger partial charge in [-0.15, -0.1) is 0 Å². The Morgan fingerprint density at radius 1 is 1.39 bits per heavy atom. The van der Waals surface area contributed by atoms with E-state index >= 15 is 0 Å². The first-order valence-electron chi connectivity index (χ1n) is 8.55. The molecule has 1 fully saturated rings. The quantitative estimate of drug-likeness (QED) is 0.623. The summed E-state index contributed by atoms with van der Waals surface area (Å²) in [6, 6.07) is 8.09. The Labute approximate surface area is 140 Å². The number of methoxy groups -OCH3 is 1. The Kier molecular flexibility index (Phi) is 7.20. The van der Waals surface area contributed by atoms with E-state index in [2.05, 4.69) is 33.5 Å². The van der Waals surface area contributed by atoms with Gasteiger partial charge in [-0.3, -0.25) is 4.99 Å². The molecule has 1 aliphatic heterocycles. The van der Waals surface area contributed by atoms with Crippen molar-refractivity contribution in [1.82, 2.24) is 15.5 Å². The van der Waals surface area contributed by atoms with Crippen LogP contribution in [0.25, 0.3) is 0 Å². The lowest BCUT2D eigenvalue weighted by Gasteiger charge is -2.32. The number of piperidine rings is 1. The number of guanidine groups is 1. The van der Waals surface area contributed by atoms with Crippen molar-refractivity contribution in [3.05, 3.63) is 29.8 Å². The van der Waals surface area contributed by atoms with Crippen molar-refractivity contribution in [2.24, 2.45) is 10.9 Å². The maximum absolute atomic E-state index is 5.26. The Bertz CT molecular complexity index is 504. The van der Waals surface area contributed by atoms with Gasteiger partial charge < -0.3 is 20.3 Å². The van der Waals surface area contributed by atoms with E-state index in [-0.39, 0.29) is 0 Å². The number of nitrogens with zero attached hydrogens (tertiary/aromatic N) is 2. The maximum atomic E-state index is 5.26. The molecule has 0 spiro atoms. The largest absolute Gasteiger partial charge is 0.497 e. The van der Waals surface area contributed by atoms with Crippen molar-refractivity contribution in [2.45, 2.75) is 26.3 Å². The predicted molar refractivity (Wildman–Crippen MR) is 96.0 cm³/mol. The Balaban J connectivity index is 1.77. The van der Waals surface area contributed by atoms with Crippen LogP contribution >= 0.6 is 0 Å². The van der Waals surface area contributed by atoms with Gasteiger partial charge in [-0.2, -0.15) is 0 Å². The number of rotatable bonds is 6. The van der Waals surface area contributed by atoms with Crippen LogP contribution in [0.1, 0.15) is 25.3 Å². The molecule has 0 saturated carbocycles. The lowest BCUT2D eigenvalue weighted by atomic mass is 9.98. The highest BCUT2D eigenvalue weighted by Gasteiger charge is 2.18. The van der Waals surface area contributed by atoms with Crippen LogP contribution in [0.4, 0.5) is 0 Å². The maximum Gasteiger partial charge on any atom is 0.191 e. The van der Waals surface area contributed by atoms with Gasteiger partial charge >= 0.3 is 0 Å². The minimum absolute atomic E-state index is 0.707. The topological polar surface area (TPSA) is 48.9 Å². The van der Waals surface area contributed by atoms with Crippen molar-refractivity contribution in [1.29, 1.82) is 0 Å². The zero-order valence-corrected chi connectivity index (χ0v) is 14.6. The van der Waals surface area contributed by atoms with Gasteiger partial charge in [-0.25, -0.2) is 0 Å². The van der Waals surface area contributed by atoms with Crippen molar-refractivity contribution < 1.29 is 4.74 Å². The third-order valence-electron chi connectivity index (χ3n) is 4.43. The summed E-state index contributed by atoms with van der Waals surface area (Å²) in [7, 11) is 3.51. The fourth-order valence-electron chi connectivity index (χ4n) is 3.03. The average molecular weight is 318 g/mol. The van der Waals surface area contributed by atoms with Gasteiger partial charge in [0.15, 0.2) is 5.96 Å². The predicted octanol–water partition coefficient (Wildman–Crippen LogP) is 2.09. The zero-order valence-electron chi connectivity index (χ0n) is 14.6. The third kappa shape index (κ3) is 5.75. The molecule has 2 rings (SSSR count). The Morgan fingerprint density at radius 2 is 2.26 bits per heavy atom. The number of nitrogens with one attached hydrogen (secondary N) is 2. The number of benzene rings is 1. The summed E-state index contributed by atoms with van der Waals surface area (Å²) >= 11 is 0. The number of ether oxygens (including phenoxy) is 1. The highest BCUT2D eigenvalue weighted by atomic mass is 16.5. The summed E-state index contributed by atoms with van der Waals surface area (Å²) in [6.45, 7) is 7.55. The van der Waals surface area contributed by atoms with Crippen molar-refractivity contribution >= 4 is 5.96 Å². The first-order chi connectivity index (χ1) is 11.2. The van der Waals surface area contributed by atoms with Gasteiger partial charge in [-0.05, 0) is 49.5 Å². The molecule has 1 aromatic rings. The van der Waals surface area contributed by atoms with Gasteiger partial charge in [0.25, 0.3) is 0 Å². The van der Waals surface area contributed by atoms with E-state index < -0.39 is 0 Å². The molecule has 2 N–H and O–H groups in total. The normalized spacial score (nSPS) is 19.4. The molecule has 0 amide bonds. The van der Waals surface area contributed by atoms with Crippen molar-refractivity contribution in [2.75, 3.05) is 40.3 Å². The van der Waals surface area contributed by atoms with Crippen molar-refractivity contribution in [3.8, 4) is 5.75 Å². The molecule has 0 bridgehead atoms. The molecule has 1 unspecified atom stereocenters. The fraction of sp³-hybridized carbons (Fsp3) is 0.611. The lowest BCUT2D eigenvalue weighted by molar-refractivity contribution is 0.183. The van der Waals surface area contributed by atoms with E-state index in [1.807, 2.05) is 25.2 Å². The van der Waals surface area contributed by atoms with Gasteiger partial charge in [0.05, 0.1) is 7.11 Å². The zero-order chi connectivity index (χ0) is 16.5. The molecule has 1 aromatic carbocycles. The number of hydrogen-bond donors (Lipinski definition) is 2. The summed E-state index contributed by atoms with van der Waals surface area (Å²) in [5.74, 6) is 2.45. The summed E-state index contributed by atoms with van der Waals surface area (Å²) < 4.78 is 5.26. The van der Waals surface area contributed by atoms with E-state index in [0.29, 0.717) is 5.92 Å². The van der Waals surface area contributed by atoms with E-state index in [0.717, 1.165) is 31.3 Å². The van der Waals surface area contributed by atoms with Crippen LogP contribution in [0.3, 0.4) is 0 Å². The molecule has 1 aliphatic rings. The molecule has 1 saturated heterocycles. The van der Waals surface area contributed by atoms with Gasteiger partial charge in [-0.1, -0.05) is 19.1 Å². The first kappa shape index (κ1) is 17.6. The van der Waals surface area contributed by atoms with Crippen LogP contribution in [0.5, 0.6) is 5.75 Å². The third-order valence-corrected chi connectivity index (χ3v) is 4.43. The standard InChI is InChI=1S/C18H30N4O/c1-4-22-10-6-8-16(14-22)13-21-18(19-2)20-12-15-7-5-9-17(11-15)23-3/h5,7,9,11,16H,4,6,8,10,12-14H2,1-3H3,(H2,19,20,21). The van der Waals surface area contributed by atoms with Crippen LogP contribution in [0.15, 0.2) is 29.3 Å². The minimum atomic E-state index is 0.707. The molecule has 0 radical (unpaired) electrons. The van der Waals surface area contributed by atoms with E-state index in [9.17, 15) is 0 Å². The van der Waals surface area contributed by atoms with E-state index in [1.165, 1.54) is 31.5 Å². The average Bonchev–Trinajstić information content (AvgIpc) is 2.62. The number of likely N-dealkylation sites (tertiary alicyclic amines) is 1. The second-order valence-electron chi connectivity index (χ2n) is 6.06. The Hall–Kier alpha value is -1.75. The summed E-state index contributed by atoms with van der Waals surface area (Å²) in [4.78, 5) is 6.85. The summed E-state index contributed by atoms with van der Waals surface area (Å²) in [6.07, 6.45) is 2.60. The molecular weight excluding hydrogens is 288 g/mol. The van der Waals surface area contributed by atoms with Gasteiger partial charge in [0, 0.05) is 26.7 Å². The molecule has 5 heteroatoms. The molecule has 128 valence electrons. The molecule has 23 heavy (non-hydrogen) atoms. The highest BCUT2D eigenvalue weighted by Crippen LogP contribution is 2.15. The number of hydrogen-bond acceptors (Lipinski definition) is 3. The second-order valence-corrected chi connectivity index (χ2v) is 6.06. The van der Waals surface area contributed by atoms with E-state index in [1.54, 1.807) is 7.11 Å². The van der Waals surface area contributed by atoms with E-state index in [4.69, 9.17) is 4.74 Å². The second kappa shape index (κ2) is 9.40. The molecular formula is C18H30N4O. The Morgan fingerprint density at radius 3 is 3.00 bits per heavy atom. The minimum Gasteiger partial charge on any atom is -0.497 e. The van der Waals surface area contributed by atoms with Crippen LogP contribution in [0, 0.1) is 5.92 Å². The summed E-state index contributed by atoms with van der Waals surface area (Å²) in [5.41, 5.74) is 1.18. The first-order valence-corrected chi connectivity index (χ1v) is 8.55.